The van der Waals surface area contributed by atoms with Gasteiger partial charge in [-0.2, -0.15) is 0 Å². The molecule has 0 radical (unpaired) electrons. The van der Waals surface area contributed by atoms with Crippen molar-refractivity contribution in [3.63, 3.8) is 0 Å². The average molecular weight is 350 g/mol. The van der Waals surface area contributed by atoms with E-state index < -0.39 is 6.10 Å². The van der Waals surface area contributed by atoms with E-state index in [0.717, 1.165) is 27.0 Å². The van der Waals surface area contributed by atoms with E-state index in [1.807, 2.05) is 50.2 Å². The van der Waals surface area contributed by atoms with Crippen LogP contribution in [0.3, 0.4) is 0 Å². The largest absolute Gasteiger partial charge is 0.491 e. The smallest absolute Gasteiger partial charge is 0.119 e. The van der Waals surface area contributed by atoms with E-state index in [9.17, 15) is 5.11 Å². The van der Waals surface area contributed by atoms with E-state index in [1.165, 1.54) is 0 Å². The Labute approximate surface area is 134 Å². The summed E-state index contributed by atoms with van der Waals surface area (Å²) in [5, 5.41) is 13.2. The van der Waals surface area contributed by atoms with E-state index in [0.29, 0.717) is 6.54 Å². The fourth-order valence-corrected chi connectivity index (χ4v) is 2.50. The van der Waals surface area contributed by atoms with Gasteiger partial charge in [-0.1, -0.05) is 28.1 Å². The van der Waals surface area contributed by atoms with Gasteiger partial charge in [-0.05, 0) is 55.3 Å². The predicted molar refractivity (Wildman–Crippen MR) is 90.0 cm³/mol. The van der Waals surface area contributed by atoms with Crippen LogP contribution in [-0.2, 0) is 0 Å². The molecule has 1 unspecified atom stereocenters. The topological polar surface area (TPSA) is 41.5 Å². The van der Waals surface area contributed by atoms with Gasteiger partial charge < -0.3 is 15.2 Å². The third kappa shape index (κ3) is 5.40. The molecule has 4 heteroatoms. The Kier molecular flexibility index (Phi) is 5.65. The van der Waals surface area contributed by atoms with Crippen LogP contribution >= 0.6 is 15.9 Å². The van der Waals surface area contributed by atoms with Crippen molar-refractivity contribution in [2.75, 3.05) is 18.5 Å². The molecule has 112 valence electrons. The molecule has 2 aromatic carbocycles. The molecule has 0 fully saturated rings. The van der Waals surface area contributed by atoms with Gasteiger partial charge in [0.05, 0.1) is 0 Å². The second-order valence-corrected chi connectivity index (χ2v) is 6.10. The van der Waals surface area contributed by atoms with Gasteiger partial charge >= 0.3 is 0 Å². The minimum atomic E-state index is -0.565. The van der Waals surface area contributed by atoms with Gasteiger partial charge in [0.15, 0.2) is 0 Å². The lowest BCUT2D eigenvalue weighted by Crippen LogP contribution is -2.26. The summed E-state index contributed by atoms with van der Waals surface area (Å²) in [7, 11) is 0. The second kappa shape index (κ2) is 7.48. The van der Waals surface area contributed by atoms with Crippen LogP contribution < -0.4 is 10.1 Å². The zero-order valence-corrected chi connectivity index (χ0v) is 13.9. The summed E-state index contributed by atoms with van der Waals surface area (Å²) < 4.78 is 6.65. The van der Waals surface area contributed by atoms with E-state index in [1.54, 1.807) is 0 Å². The van der Waals surface area contributed by atoms with Crippen LogP contribution in [0, 0.1) is 13.8 Å². The minimum absolute atomic E-state index is 0.268. The number of rotatable bonds is 6. The summed E-state index contributed by atoms with van der Waals surface area (Å²) in [6, 6.07) is 13.9. The van der Waals surface area contributed by atoms with Gasteiger partial charge in [0.2, 0.25) is 0 Å². The third-order valence-corrected chi connectivity index (χ3v) is 3.50. The number of aryl methyl sites for hydroxylation is 2. The highest BCUT2D eigenvalue weighted by Crippen LogP contribution is 2.17. The molecule has 0 saturated carbocycles. The SMILES string of the molecule is Cc1cc(C)cc(OCC(O)CNc2cccc(Br)c2)c1. The minimum Gasteiger partial charge on any atom is -0.491 e. The summed E-state index contributed by atoms with van der Waals surface area (Å²) in [6.45, 7) is 4.78. The van der Waals surface area contributed by atoms with Crippen LogP contribution in [0.1, 0.15) is 11.1 Å². The summed E-state index contributed by atoms with van der Waals surface area (Å²) in [5.74, 6) is 0.800. The number of halogens is 1. The third-order valence-electron chi connectivity index (χ3n) is 3.00. The predicted octanol–water partition coefficient (Wildman–Crippen LogP) is 3.92. The first kappa shape index (κ1) is 15.9. The molecule has 3 nitrogen and oxygen atoms in total. The molecule has 0 aliphatic carbocycles. The van der Waals surface area contributed by atoms with Gasteiger partial charge in [-0.25, -0.2) is 0 Å². The van der Waals surface area contributed by atoms with Crippen molar-refractivity contribution in [3.05, 3.63) is 58.1 Å². The monoisotopic (exact) mass is 349 g/mol. The van der Waals surface area contributed by atoms with Crippen molar-refractivity contribution in [1.29, 1.82) is 0 Å². The molecule has 0 aliphatic rings. The maximum atomic E-state index is 9.98. The maximum Gasteiger partial charge on any atom is 0.119 e. The molecule has 0 amide bonds. The molecule has 0 saturated heterocycles. The number of aliphatic hydroxyl groups excluding tert-OH is 1. The van der Waals surface area contributed by atoms with Crippen LogP contribution in [0.2, 0.25) is 0 Å². The number of nitrogens with one attached hydrogen (secondary N) is 1. The molecular weight excluding hydrogens is 330 g/mol. The van der Waals surface area contributed by atoms with Crippen LogP contribution in [0.25, 0.3) is 0 Å². The van der Waals surface area contributed by atoms with Crippen LogP contribution in [0.4, 0.5) is 5.69 Å². The Morgan fingerprint density at radius 1 is 1.14 bits per heavy atom. The maximum absolute atomic E-state index is 9.98. The quantitative estimate of drug-likeness (QED) is 0.830. The highest BCUT2D eigenvalue weighted by atomic mass is 79.9. The van der Waals surface area contributed by atoms with Gasteiger partial charge in [-0.15, -0.1) is 0 Å². The Balaban J connectivity index is 1.80. The molecule has 0 spiro atoms. The fraction of sp³-hybridized carbons (Fsp3) is 0.294. The Morgan fingerprint density at radius 2 is 1.86 bits per heavy atom. The van der Waals surface area contributed by atoms with E-state index in [2.05, 4.69) is 27.3 Å². The van der Waals surface area contributed by atoms with Crippen molar-refractivity contribution < 1.29 is 9.84 Å². The number of hydrogen-bond donors (Lipinski definition) is 2. The Hall–Kier alpha value is -1.52. The van der Waals surface area contributed by atoms with Crippen molar-refractivity contribution in [2.24, 2.45) is 0 Å². The second-order valence-electron chi connectivity index (χ2n) is 5.18. The molecule has 1 atom stereocenters. The molecule has 0 aromatic heterocycles. The summed E-state index contributed by atoms with van der Waals surface area (Å²) in [4.78, 5) is 0. The number of benzene rings is 2. The molecule has 2 rings (SSSR count). The summed E-state index contributed by atoms with van der Waals surface area (Å²) in [6.07, 6.45) is -0.565. The number of ether oxygens (including phenoxy) is 1. The average Bonchev–Trinajstić information content (AvgIpc) is 2.42. The lowest BCUT2D eigenvalue weighted by molar-refractivity contribution is 0.117. The molecule has 2 N–H and O–H groups in total. The van der Waals surface area contributed by atoms with Crippen LogP contribution in [0.15, 0.2) is 46.9 Å². The molecule has 21 heavy (non-hydrogen) atoms. The number of hydrogen-bond acceptors (Lipinski definition) is 3. The van der Waals surface area contributed by atoms with Crippen molar-refractivity contribution >= 4 is 21.6 Å². The van der Waals surface area contributed by atoms with Gasteiger partial charge in [0.1, 0.15) is 18.5 Å². The normalized spacial score (nSPS) is 12.0. The Bertz CT molecular complexity index is 581. The van der Waals surface area contributed by atoms with Gasteiger partial charge in [-0.3, -0.25) is 0 Å². The molecule has 0 bridgehead atoms. The van der Waals surface area contributed by atoms with Crippen molar-refractivity contribution in [1.82, 2.24) is 0 Å². The molecular formula is C17H20BrNO2. The van der Waals surface area contributed by atoms with Crippen molar-refractivity contribution in [2.45, 2.75) is 20.0 Å². The Morgan fingerprint density at radius 3 is 2.52 bits per heavy atom. The van der Waals surface area contributed by atoms with Crippen molar-refractivity contribution in [3.8, 4) is 5.75 Å². The highest BCUT2D eigenvalue weighted by molar-refractivity contribution is 9.10. The van der Waals surface area contributed by atoms with E-state index in [-0.39, 0.29) is 6.61 Å². The lowest BCUT2D eigenvalue weighted by Gasteiger charge is -2.15. The zero-order valence-electron chi connectivity index (χ0n) is 12.3. The van der Waals surface area contributed by atoms with Gasteiger partial charge in [0.25, 0.3) is 0 Å². The fourth-order valence-electron chi connectivity index (χ4n) is 2.10. The summed E-state index contributed by atoms with van der Waals surface area (Å²) in [5.41, 5.74) is 3.29. The first-order valence-corrected chi connectivity index (χ1v) is 7.71. The van der Waals surface area contributed by atoms with Gasteiger partial charge in [0, 0.05) is 16.7 Å². The van der Waals surface area contributed by atoms with Crippen LogP contribution in [-0.4, -0.2) is 24.4 Å². The highest BCUT2D eigenvalue weighted by Gasteiger charge is 2.06. The van der Waals surface area contributed by atoms with Crippen LogP contribution in [0.5, 0.6) is 5.75 Å². The number of anilines is 1. The molecule has 0 heterocycles. The first-order valence-electron chi connectivity index (χ1n) is 6.91. The molecule has 0 aliphatic heterocycles. The lowest BCUT2D eigenvalue weighted by atomic mass is 10.1. The van der Waals surface area contributed by atoms with E-state index >= 15 is 0 Å². The standard InChI is InChI=1S/C17H20BrNO2/c1-12-6-13(2)8-17(7-12)21-11-16(20)10-19-15-5-3-4-14(18)9-15/h3-9,16,19-20H,10-11H2,1-2H3. The number of aliphatic hydroxyl groups is 1. The molecule has 2 aromatic rings. The summed E-state index contributed by atoms with van der Waals surface area (Å²) >= 11 is 3.42. The first-order chi connectivity index (χ1) is 10.0. The van der Waals surface area contributed by atoms with E-state index in [4.69, 9.17) is 4.74 Å². The zero-order chi connectivity index (χ0) is 15.2.